The minimum atomic E-state index is -0.272. The second kappa shape index (κ2) is 6.71. The normalized spacial score (nSPS) is 15.9. The van der Waals surface area contributed by atoms with Crippen LogP contribution in [-0.4, -0.2) is 31.6 Å². The van der Waals surface area contributed by atoms with Crippen LogP contribution in [0, 0.1) is 6.92 Å². The summed E-state index contributed by atoms with van der Waals surface area (Å²) in [7, 11) is 0. The van der Waals surface area contributed by atoms with Crippen molar-refractivity contribution in [3.63, 3.8) is 0 Å². The molecule has 0 atom stereocenters. The van der Waals surface area contributed by atoms with E-state index in [1.165, 1.54) is 0 Å². The lowest BCUT2D eigenvalue weighted by molar-refractivity contribution is -0.117. The largest absolute Gasteiger partial charge is 0.486 e. The number of rotatable bonds is 3. The molecule has 6 nitrogen and oxygen atoms in total. The van der Waals surface area contributed by atoms with E-state index in [9.17, 15) is 9.59 Å². The van der Waals surface area contributed by atoms with E-state index < -0.39 is 0 Å². The smallest absolute Gasteiger partial charge is 0.257 e. The Hall–Kier alpha value is -3.02. The minimum absolute atomic E-state index is 0.0525. The lowest BCUT2D eigenvalue weighted by Crippen LogP contribution is -2.27. The van der Waals surface area contributed by atoms with Gasteiger partial charge in [-0.15, -0.1) is 0 Å². The van der Waals surface area contributed by atoms with Crippen LogP contribution in [0.25, 0.3) is 0 Å². The molecule has 2 amide bonds. The molecule has 0 spiro atoms. The molecule has 2 aromatic carbocycles. The third kappa shape index (κ3) is 2.98. The van der Waals surface area contributed by atoms with E-state index in [0.29, 0.717) is 54.6 Å². The van der Waals surface area contributed by atoms with Crippen LogP contribution >= 0.6 is 0 Å². The highest BCUT2D eigenvalue weighted by Gasteiger charge is 2.26. The number of carbonyl (C=O) groups excluding carboxylic acids is 2. The molecule has 4 rings (SSSR count). The van der Waals surface area contributed by atoms with Gasteiger partial charge in [-0.3, -0.25) is 9.59 Å². The van der Waals surface area contributed by atoms with E-state index in [1.807, 2.05) is 37.3 Å². The number of ether oxygens (including phenoxy) is 2. The zero-order valence-corrected chi connectivity index (χ0v) is 14.6. The standard InChI is InChI=1S/C20H20N2O4/c1-13-7-8-16(22-9-3-6-18(22)23)14(12-13)20(24)21-15-4-2-5-17-19(15)26-11-10-25-17/h2,4-5,7-8,12H,3,6,9-11H2,1H3,(H,21,24). The molecule has 6 heteroatoms. The fraction of sp³-hybridized carbons (Fsp3) is 0.300. The topological polar surface area (TPSA) is 67.9 Å². The van der Waals surface area contributed by atoms with Crippen LogP contribution < -0.4 is 19.7 Å². The van der Waals surface area contributed by atoms with E-state index >= 15 is 0 Å². The number of carbonyl (C=O) groups is 2. The zero-order chi connectivity index (χ0) is 18.1. The van der Waals surface area contributed by atoms with Crippen LogP contribution in [0.5, 0.6) is 11.5 Å². The number of hydrogen-bond donors (Lipinski definition) is 1. The van der Waals surface area contributed by atoms with Gasteiger partial charge in [0.2, 0.25) is 5.91 Å². The van der Waals surface area contributed by atoms with Gasteiger partial charge in [0.25, 0.3) is 5.91 Å². The van der Waals surface area contributed by atoms with Crippen molar-refractivity contribution in [3.05, 3.63) is 47.5 Å². The van der Waals surface area contributed by atoms with E-state index in [4.69, 9.17) is 9.47 Å². The van der Waals surface area contributed by atoms with Crippen molar-refractivity contribution >= 4 is 23.2 Å². The van der Waals surface area contributed by atoms with Gasteiger partial charge >= 0.3 is 0 Å². The van der Waals surface area contributed by atoms with Gasteiger partial charge in [-0.25, -0.2) is 0 Å². The average Bonchev–Trinajstić information content (AvgIpc) is 3.08. The van der Waals surface area contributed by atoms with Gasteiger partial charge in [-0.2, -0.15) is 0 Å². The predicted octanol–water partition coefficient (Wildman–Crippen LogP) is 3.15. The molecule has 0 aliphatic carbocycles. The Bertz CT molecular complexity index is 878. The Morgan fingerprint density at radius 3 is 2.81 bits per heavy atom. The molecule has 0 radical (unpaired) electrons. The molecule has 2 aliphatic heterocycles. The number of para-hydroxylation sites is 1. The summed E-state index contributed by atoms with van der Waals surface area (Å²) in [5.74, 6) is 0.939. The fourth-order valence-corrected chi connectivity index (χ4v) is 3.33. The highest BCUT2D eigenvalue weighted by molar-refractivity contribution is 6.11. The Morgan fingerprint density at radius 1 is 1.15 bits per heavy atom. The molecule has 26 heavy (non-hydrogen) atoms. The van der Waals surface area contributed by atoms with Crippen molar-refractivity contribution in [2.24, 2.45) is 0 Å². The fourth-order valence-electron chi connectivity index (χ4n) is 3.33. The molecule has 1 saturated heterocycles. The van der Waals surface area contributed by atoms with Gasteiger partial charge in [0, 0.05) is 13.0 Å². The Labute approximate surface area is 151 Å². The Morgan fingerprint density at radius 2 is 2.00 bits per heavy atom. The van der Waals surface area contributed by atoms with E-state index in [0.717, 1.165) is 12.0 Å². The first-order valence-electron chi connectivity index (χ1n) is 8.74. The third-order valence-corrected chi connectivity index (χ3v) is 4.58. The van der Waals surface area contributed by atoms with Gasteiger partial charge in [0.1, 0.15) is 13.2 Å². The summed E-state index contributed by atoms with van der Waals surface area (Å²) in [4.78, 5) is 26.8. The molecule has 0 aromatic heterocycles. The minimum Gasteiger partial charge on any atom is -0.486 e. The number of hydrogen-bond acceptors (Lipinski definition) is 4. The van der Waals surface area contributed by atoms with Crippen molar-refractivity contribution in [1.29, 1.82) is 0 Å². The summed E-state index contributed by atoms with van der Waals surface area (Å²) in [5.41, 5.74) is 2.65. The van der Waals surface area contributed by atoms with Crippen molar-refractivity contribution in [1.82, 2.24) is 0 Å². The number of aryl methyl sites for hydroxylation is 1. The Kier molecular flexibility index (Phi) is 4.24. The number of nitrogens with zero attached hydrogens (tertiary/aromatic N) is 1. The second-order valence-corrected chi connectivity index (χ2v) is 6.45. The molecule has 2 heterocycles. The van der Waals surface area contributed by atoms with Crippen molar-refractivity contribution < 1.29 is 19.1 Å². The SMILES string of the molecule is Cc1ccc(N2CCCC2=O)c(C(=O)Nc2cccc3c2OCCO3)c1. The van der Waals surface area contributed by atoms with Gasteiger partial charge in [0.15, 0.2) is 11.5 Å². The monoisotopic (exact) mass is 352 g/mol. The zero-order valence-electron chi connectivity index (χ0n) is 14.6. The molecular formula is C20H20N2O4. The number of amides is 2. The quantitative estimate of drug-likeness (QED) is 0.921. The van der Waals surface area contributed by atoms with Crippen LogP contribution in [0.2, 0.25) is 0 Å². The summed E-state index contributed by atoms with van der Waals surface area (Å²) in [5, 5.41) is 2.91. The second-order valence-electron chi connectivity index (χ2n) is 6.45. The predicted molar refractivity (Wildman–Crippen MR) is 98.2 cm³/mol. The maximum absolute atomic E-state index is 13.0. The number of nitrogens with one attached hydrogen (secondary N) is 1. The highest BCUT2D eigenvalue weighted by atomic mass is 16.6. The molecule has 1 fully saturated rings. The molecular weight excluding hydrogens is 332 g/mol. The van der Waals surface area contributed by atoms with E-state index in [1.54, 1.807) is 11.0 Å². The van der Waals surface area contributed by atoms with Gasteiger partial charge < -0.3 is 19.7 Å². The third-order valence-electron chi connectivity index (χ3n) is 4.58. The maximum atomic E-state index is 13.0. The van der Waals surface area contributed by atoms with Gasteiger partial charge in [-0.05, 0) is 37.6 Å². The molecule has 2 aliphatic rings. The summed E-state index contributed by atoms with van der Waals surface area (Å²) >= 11 is 0. The number of benzene rings is 2. The summed E-state index contributed by atoms with van der Waals surface area (Å²) in [6.45, 7) is 3.49. The van der Waals surface area contributed by atoms with Crippen LogP contribution in [0.15, 0.2) is 36.4 Å². The summed E-state index contributed by atoms with van der Waals surface area (Å²) in [6, 6.07) is 11.0. The van der Waals surface area contributed by atoms with E-state index in [-0.39, 0.29) is 11.8 Å². The highest BCUT2D eigenvalue weighted by Crippen LogP contribution is 2.38. The van der Waals surface area contributed by atoms with E-state index in [2.05, 4.69) is 5.32 Å². The number of anilines is 2. The van der Waals surface area contributed by atoms with Crippen LogP contribution in [-0.2, 0) is 4.79 Å². The lowest BCUT2D eigenvalue weighted by Gasteiger charge is -2.22. The van der Waals surface area contributed by atoms with Crippen LogP contribution in [0.4, 0.5) is 11.4 Å². The Balaban J connectivity index is 1.67. The molecule has 0 saturated carbocycles. The van der Waals surface area contributed by atoms with Crippen LogP contribution in [0.3, 0.4) is 0 Å². The van der Waals surface area contributed by atoms with Crippen molar-refractivity contribution in [2.45, 2.75) is 19.8 Å². The van der Waals surface area contributed by atoms with Gasteiger partial charge in [0.05, 0.1) is 16.9 Å². The summed E-state index contributed by atoms with van der Waals surface area (Å²) < 4.78 is 11.2. The lowest BCUT2D eigenvalue weighted by atomic mass is 10.1. The first-order valence-corrected chi connectivity index (χ1v) is 8.74. The maximum Gasteiger partial charge on any atom is 0.257 e. The molecule has 2 aromatic rings. The molecule has 0 bridgehead atoms. The molecule has 1 N–H and O–H groups in total. The average molecular weight is 352 g/mol. The molecule has 134 valence electrons. The first kappa shape index (κ1) is 16.4. The van der Waals surface area contributed by atoms with Crippen molar-refractivity contribution in [2.75, 3.05) is 30.0 Å². The van der Waals surface area contributed by atoms with Gasteiger partial charge in [-0.1, -0.05) is 17.7 Å². The van der Waals surface area contributed by atoms with Crippen LogP contribution in [0.1, 0.15) is 28.8 Å². The van der Waals surface area contributed by atoms with Crippen molar-refractivity contribution in [3.8, 4) is 11.5 Å². The molecule has 0 unspecified atom stereocenters. The summed E-state index contributed by atoms with van der Waals surface area (Å²) in [6.07, 6.45) is 1.33. The number of fused-ring (bicyclic) bond motifs is 1. The first-order chi connectivity index (χ1) is 12.6.